The van der Waals surface area contributed by atoms with Crippen LogP contribution in [0.1, 0.15) is 18.0 Å². The number of ether oxygens (including phenoxy) is 2. The standard InChI is InChI=1S/C17H16FNO6S/c18-11-3-1-4-12(9-11)26(22,23)19-14-7-8-24-17-13(14)5-2-6-15(17)25-10-16(20)21/h1-6,9,14,19H,7-8,10H2,(H,20,21). The third-order valence-electron chi connectivity index (χ3n) is 3.79. The molecule has 26 heavy (non-hydrogen) atoms. The molecule has 7 nitrogen and oxygen atoms in total. The maximum Gasteiger partial charge on any atom is 0.341 e. The first-order chi connectivity index (χ1) is 12.4. The van der Waals surface area contributed by atoms with Crippen molar-refractivity contribution >= 4 is 16.0 Å². The molecule has 0 saturated heterocycles. The first-order valence-electron chi connectivity index (χ1n) is 7.75. The second-order valence-corrected chi connectivity index (χ2v) is 7.34. The SMILES string of the molecule is O=C(O)COc1cccc2c1OCCC2NS(=O)(=O)c1cccc(F)c1. The van der Waals surface area contributed by atoms with Crippen LogP contribution in [-0.4, -0.2) is 32.7 Å². The predicted octanol–water partition coefficient (Wildman–Crippen LogP) is 2.09. The van der Waals surface area contributed by atoms with Gasteiger partial charge in [0, 0.05) is 12.0 Å². The van der Waals surface area contributed by atoms with E-state index in [-0.39, 0.29) is 17.3 Å². The van der Waals surface area contributed by atoms with Gasteiger partial charge in [-0.1, -0.05) is 18.2 Å². The maximum atomic E-state index is 13.3. The van der Waals surface area contributed by atoms with Crippen molar-refractivity contribution in [2.75, 3.05) is 13.2 Å². The van der Waals surface area contributed by atoms with Crippen molar-refractivity contribution in [3.8, 4) is 11.5 Å². The number of carbonyl (C=O) groups is 1. The Labute approximate surface area is 149 Å². The van der Waals surface area contributed by atoms with Crippen LogP contribution in [0.4, 0.5) is 4.39 Å². The van der Waals surface area contributed by atoms with Gasteiger partial charge in [-0.15, -0.1) is 0 Å². The lowest BCUT2D eigenvalue weighted by molar-refractivity contribution is -0.139. The second kappa shape index (κ2) is 7.30. The van der Waals surface area contributed by atoms with Gasteiger partial charge < -0.3 is 14.6 Å². The quantitative estimate of drug-likeness (QED) is 0.794. The van der Waals surface area contributed by atoms with Crippen LogP contribution in [-0.2, 0) is 14.8 Å². The summed E-state index contributed by atoms with van der Waals surface area (Å²) < 4.78 is 51.7. The van der Waals surface area contributed by atoms with Crippen molar-refractivity contribution in [3.05, 3.63) is 53.8 Å². The Bertz CT molecular complexity index is 931. The molecule has 0 bridgehead atoms. The van der Waals surface area contributed by atoms with Crippen LogP contribution in [0.25, 0.3) is 0 Å². The number of fused-ring (bicyclic) bond motifs is 1. The number of para-hydroxylation sites is 1. The largest absolute Gasteiger partial charge is 0.489 e. The number of hydrogen-bond acceptors (Lipinski definition) is 5. The summed E-state index contributed by atoms with van der Waals surface area (Å²) in [4.78, 5) is 10.5. The smallest absolute Gasteiger partial charge is 0.341 e. The highest BCUT2D eigenvalue weighted by atomic mass is 32.2. The minimum atomic E-state index is -3.94. The molecule has 138 valence electrons. The molecule has 0 aliphatic carbocycles. The van der Waals surface area contributed by atoms with Crippen molar-refractivity contribution in [2.24, 2.45) is 0 Å². The number of sulfonamides is 1. The van der Waals surface area contributed by atoms with E-state index >= 15 is 0 Å². The van der Waals surface area contributed by atoms with Gasteiger partial charge in [-0.3, -0.25) is 0 Å². The molecule has 0 saturated carbocycles. The summed E-state index contributed by atoms with van der Waals surface area (Å²) >= 11 is 0. The van der Waals surface area contributed by atoms with Crippen LogP contribution in [0.3, 0.4) is 0 Å². The highest BCUT2D eigenvalue weighted by Gasteiger charge is 2.29. The van der Waals surface area contributed by atoms with Gasteiger partial charge >= 0.3 is 5.97 Å². The van der Waals surface area contributed by atoms with Gasteiger partial charge in [-0.25, -0.2) is 22.3 Å². The number of hydrogen-bond donors (Lipinski definition) is 2. The number of halogens is 1. The van der Waals surface area contributed by atoms with E-state index in [1.54, 1.807) is 18.2 Å². The molecule has 0 spiro atoms. The van der Waals surface area contributed by atoms with Crippen LogP contribution < -0.4 is 14.2 Å². The Morgan fingerprint density at radius 3 is 2.81 bits per heavy atom. The van der Waals surface area contributed by atoms with Crippen molar-refractivity contribution in [3.63, 3.8) is 0 Å². The summed E-state index contributed by atoms with van der Waals surface area (Å²) in [6, 6.07) is 8.95. The zero-order chi connectivity index (χ0) is 18.7. The number of rotatable bonds is 6. The predicted molar refractivity (Wildman–Crippen MR) is 89.1 cm³/mol. The first kappa shape index (κ1) is 18.2. The molecule has 2 aromatic rings. The Morgan fingerprint density at radius 2 is 2.08 bits per heavy atom. The molecule has 0 fully saturated rings. The van der Waals surface area contributed by atoms with Crippen LogP contribution in [0.5, 0.6) is 11.5 Å². The molecular weight excluding hydrogens is 365 g/mol. The Morgan fingerprint density at radius 1 is 1.31 bits per heavy atom. The average molecular weight is 381 g/mol. The summed E-state index contributed by atoms with van der Waals surface area (Å²) in [6.07, 6.45) is 0.365. The minimum absolute atomic E-state index is 0.177. The van der Waals surface area contributed by atoms with E-state index in [2.05, 4.69) is 4.72 Å². The molecule has 1 unspecified atom stereocenters. The van der Waals surface area contributed by atoms with Gasteiger partial charge in [0.25, 0.3) is 0 Å². The highest BCUT2D eigenvalue weighted by Crippen LogP contribution is 2.40. The van der Waals surface area contributed by atoms with E-state index < -0.39 is 34.5 Å². The van der Waals surface area contributed by atoms with Crippen molar-refractivity contribution < 1.29 is 32.2 Å². The van der Waals surface area contributed by atoms with Crippen LogP contribution in [0.15, 0.2) is 47.4 Å². The van der Waals surface area contributed by atoms with Gasteiger partial charge in [-0.05, 0) is 24.3 Å². The Balaban J connectivity index is 1.88. The zero-order valence-corrected chi connectivity index (χ0v) is 14.3. The van der Waals surface area contributed by atoms with E-state index in [4.69, 9.17) is 14.6 Å². The maximum absolute atomic E-state index is 13.3. The van der Waals surface area contributed by atoms with Crippen molar-refractivity contribution in [2.45, 2.75) is 17.4 Å². The number of nitrogens with one attached hydrogen (secondary N) is 1. The Kier molecular flexibility index (Phi) is 5.10. The third-order valence-corrected chi connectivity index (χ3v) is 5.26. The molecular formula is C17H16FNO6S. The van der Waals surface area contributed by atoms with Gasteiger partial charge in [0.1, 0.15) is 5.82 Å². The van der Waals surface area contributed by atoms with Gasteiger partial charge in [0.2, 0.25) is 10.0 Å². The summed E-state index contributed by atoms with van der Waals surface area (Å²) in [5.74, 6) is -1.27. The number of carboxylic acid groups (broad SMARTS) is 1. The van der Waals surface area contributed by atoms with Crippen molar-refractivity contribution in [1.82, 2.24) is 4.72 Å². The lowest BCUT2D eigenvalue weighted by Gasteiger charge is -2.27. The lowest BCUT2D eigenvalue weighted by atomic mass is 10.0. The van der Waals surface area contributed by atoms with Crippen LogP contribution in [0, 0.1) is 5.82 Å². The summed E-state index contributed by atoms with van der Waals surface area (Å²) in [6.45, 7) is -0.323. The highest BCUT2D eigenvalue weighted by molar-refractivity contribution is 7.89. The monoisotopic (exact) mass is 381 g/mol. The number of benzene rings is 2. The van der Waals surface area contributed by atoms with Crippen molar-refractivity contribution in [1.29, 1.82) is 0 Å². The second-order valence-electron chi connectivity index (χ2n) is 5.63. The molecule has 1 aliphatic rings. The topological polar surface area (TPSA) is 102 Å². The molecule has 3 rings (SSSR count). The third kappa shape index (κ3) is 3.94. The fraction of sp³-hybridized carbons (Fsp3) is 0.235. The summed E-state index contributed by atoms with van der Waals surface area (Å²) in [7, 11) is -3.94. The molecule has 0 radical (unpaired) electrons. The molecule has 0 amide bonds. The number of carboxylic acids is 1. The molecule has 2 N–H and O–H groups in total. The average Bonchev–Trinajstić information content (AvgIpc) is 2.60. The molecule has 1 heterocycles. The van der Waals surface area contributed by atoms with Gasteiger partial charge in [-0.2, -0.15) is 0 Å². The molecule has 9 heteroatoms. The van der Waals surface area contributed by atoms with Gasteiger partial charge in [0.05, 0.1) is 17.5 Å². The van der Waals surface area contributed by atoms with E-state index in [1.807, 2.05) is 0 Å². The molecule has 2 aromatic carbocycles. The number of aliphatic carboxylic acids is 1. The van der Waals surface area contributed by atoms with Gasteiger partial charge in [0.15, 0.2) is 18.1 Å². The fourth-order valence-electron chi connectivity index (χ4n) is 2.66. The van der Waals surface area contributed by atoms with E-state index in [0.29, 0.717) is 17.7 Å². The summed E-state index contributed by atoms with van der Waals surface area (Å²) in [5.41, 5.74) is 0.527. The molecule has 1 atom stereocenters. The normalized spacial score (nSPS) is 16.4. The lowest BCUT2D eigenvalue weighted by Crippen LogP contribution is -2.32. The molecule has 0 aromatic heterocycles. The molecule has 1 aliphatic heterocycles. The minimum Gasteiger partial charge on any atom is -0.489 e. The van der Waals surface area contributed by atoms with E-state index in [1.165, 1.54) is 12.1 Å². The van der Waals surface area contributed by atoms with Crippen LogP contribution >= 0.6 is 0 Å². The fourth-order valence-corrected chi connectivity index (χ4v) is 3.94. The van der Waals surface area contributed by atoms with E-state index in [9.17, 15) is 17.6 Å². The van der Waals surface area contributed by atoms with Crippen LogP contribution in [0.2, 0.25) is 0 Å². The first-order valence-corrected chi connectivity index (χ1v) is 9.23. The Hall–Kier alpha value is -2.65. The summed E-state index contributed by atoms with van der Waals surface area (Å²) in [5, 5.41) is 8.74. The zero-order valence-electron chi connectivity index (χ0n) is 13.5. The van der Waals surface area contributed by atoms with E-state index in [0.717, 1.165) is 12.1 Å².